The van der Waals surface area contributed by atoms with Crippen LogP contribution >= 0.6 is 23.4 Å². The van der Waals surface area contributed by atoms with Crippen LogP contribution in [-0.4, -0.2) is 27.8 Å². The monoisotopic (exact) mass is 259 g/mol. The van der Waals surface area contributed by atoms with Crippen LogP contribution in [0.15, 0.2) is 12.7 Å². The van der Waals surface area contributed by atoms with Gasteiger partial charge in [0.1, 0.15) is 5.15 Å². The summed E-state index contributed by atoms with van der Waals surface area (Å²) in [6.45, 7) is 7.42. The molecule has 16 heavy (non-hydrogen) atoms. The smallest absolute Gasteiger partial charge is 0.131 e. The molecule has 0 spiro atoms. The summed E-state index contributed by atoms with van der Waals surface area (Å²) in [6.07, 6.45) is 1.92. The average molecular weight is 260 g/mol. The third-order valence-corrected chi connectivity index (χ3v) is 3.67. The van der Waals surface area contributed by atoms with Crippen molar-refractivity contribution in [3.8, 4) is 0 Å². The Morgan fingerprint density at radius 1 is 1.62 bits per heavy atom. The van der Waals surface area contributed by atoms with E-state index in [1.54, 1.807) is 4.68 Å². The summed E-state index contributed by atoms with van der Waals surface area (Å²) in [6, 6.07) is 0. The van der Waals surface area contributed by atoms with Crippen LogP contribution in [-0.2, 0) is 13.6 Å². The highest BCUT2D eigenvalue weighted by Gasteiger charge is 2.09. The molecule has 1 rings (SSSR count). The highest BCUT2D eigenvalue weighted by molar-refractivity contribution is 7.99. The number of hydrogen-bond donors (Lipinski definition) is 1. The Kier molecular flexibility index (Phi) is 5.95. The van der Waals surface area contributed by atoms with Crippen molar-refractivity contribution in [3.05, 3.63) is 29.1 Å². The lowest BCUT2D eigenvalue weighted by Crippen LogP contribution is -2.17. The molecule has 1 aromatic heterocycles. The van der Waals surface area contributed by atoms with Gasteiger partial charge in [-0.25, -0.2) is 0 Å². The summed E-state index contributed by atoms with van der Waals surface area (Å²) >= 11 is 7.99. The molecule has 0 aliphatic heterocycles. The molecule has 0 unspecified atom stereocenters. The van der Waals surface area contributed by atoms with Crippen LogP contribution in [0.3, 0.4) is 0 Å². The molecule has 3 nitrogen and oxygen atoms in total. The van der Waals surface area contributed by atoms with Gasteiger partial charge in [0.05, 0.1) is 5.69 Å². The predicted octanol–water partition coefficient (Wildman–Crippen LogP) is 2.39. The first kappa shape index (κ1) is 13.6. The molecule has 0 atom stereocenters. The van der Waals surface area contributed by atoms with E-state index >= 15 is 0 Å². The van der Waals surface area contributed by atoms with Crippen LogP contribution in [0.25, 0.3) is 0 Å². The summed E-state index contributed by atoms with van der Waals surface area (Å²) in [5, 5.41) is 8.35. The van der Waals surface area contributed by atoms with Crippen molar-refractivity contribution in [2.75, 3.05) is 18.1 Å². The number of hydrogen-bond acceptors (Lipinski definition) is 3. The molecule has 5 heteroatoms. The average Bonchev–Trinajstić information content (AvgIpc) is 2.49. The Balaban J connectivity index is 2.29. The topological polar surface area (TPSA) is 29.9 Å². The molecule has 0 saturated carbocycles. The largest absolute Gasteiger partial charge is 0.312 e. The fourth-order valence-electron chi connectivity index (χ4n) is 1.40. The molecule has 1 heterocycles. The van der Waals surface area contributed by atoms with Gasteiger partial charge in [-0.2, -0.15) is 16.9 Å². The zero-order valence-corrected chi connectivity index (χ0v) is 11.4. The molecule has 0 amide bonds. The van der Waals surface area contributed by atoms with E-state index in [-0.39, 0.29) is 0 Å². The molecule has 90 valence electrons. The van der Waals surface area contributed by atoms with Gasteiger partial charge in [0.2, 0.25) is 0 Å². The van der Waals surface area contributed by atoms with E-state index in [9.17, 15) is 0 Å². The Morgan fingerprint density at radius 2 is 2.38 bits per heavy atom. The second kappa shape index (κ2) is 6.99. The number of nitrogens with one attached hydrogen (secondary N) is 1. The number of halogens is 1. The third kappa shape index (κ3) is 3.85. The highest BCUT2D eigenvalue weighted by atomic mass is 35.5. The summed E-state index contributed by atoms with van der Waals surface area (Å²) in [7, 11) is 1.86. The highest BCUT2D eigenvalue weighted by Crippen LogP contribution is 2.17. The quantitative estimate of drug-likeness (QED) is 0.602. The first-order chi connectivity index (χ1) is 7.66. The molecule has 0 saturated heterocycles. The SMILES string of the molecule is C=CCSCCNCc1c(C)nn(C)c1Cl. The third-order valence-electron chi connectivity index (χ3n) is 2.23. The van der Waals surface area contributed by atoms with Crippen LogP contribution in [0, 0.1) is 6.92 Å². The minimum absolute atomic E-state index is 0.726. The van der Waals surface area contributed by atoms with Crippen LogP contribution in [0.2, 0.25) is 5.15 Å². The van der Waals surface area contributed by atoms with Crippen molar-refractivity contribution in [2.24, 2.45) is 7.05 Å². The molecule has 1 N–H and O–H groups in total. The number of rotatable bonds is 7. The lowest BCUT2D eigenvalue weighted by molar-refractivity contribution is 0.728. The maximum atomic E-state index is 6.12. The lowest BCUT2D eigenvalue weighted by Gasteiger charge is -2.03. The molecule has 0 bridgehead atoms. The zero-order valence-electron chi connectivity index (χ0n) is 9.79. The van der Waals surface area contributed by atoms with Crippen LogP contribution in [0.5, 0.6) is 0 Å². The molecular formula is C11H18ClN3S. The standard InChI is InChI=1S/C11H18ClN3S/c1-4-6-16-7-5-13-8-10-9(2)14-15(3)11(10)12/h4,13H,1,5-8H2,2-3H3. The van der Waals surface area contributed by atoms with Gasteiger partial charge in [0, 0.05) is 37.2 Å². The Labute approximate surface area is 106 Å². The number of thioether (sulfide) groups is 1. The van der Waals surface area contributed by atoms with Crippen molar-refractivity contribution in [1.82, 2.24) is 15.1 Å². The second-order valence-corrected chi connectivity index (χ2v) is 5.03. The molecular weight excluding hydrogens is 242 g/mol. The van der Waals surface area contributed by atoms with Gasteiger partial charge < -0.3 is 5.32 Å². The van der Waals surface area contributed by atoms with Gasteiger partial charge in [-0.05, 0) is 6.92 Å². The van der Waals surface area contributed by atoms with E-state index in [1.165, 1.54) is 0 Å². The van der Waals surface area contributed by atoms with Gasteiger partial charge in [0.25, 0.3) is 0 Å². The molecule has 0 aromatic carbocycles. The predicted molar refractivity (Wildman–Crippen MR) is 72.2 cm³/mol. The fraction of sp³-hybridized carbons (Fsp3) is 0.545. The van der Waals surface area contributed by atoms with Crippen molar-refractivity contribution >= 4 is 23.4 Å². The van der Waals surface area contributed by atoms with Gasteiger partial charge >= 0.3 is 0 Å². The van der Waals surface area contributed by atoms with E-state index in [0.29, 0.717) is 0 Å². The van der Waals surface area contributed by atoms with Crippen LogP contribution in [0.1, 0.15) is 11.3 Å². The summed E-state index contributed by atoms with van der Waals surface area (Å²) in [4.78, 5) is 0. The second-order valence-electron chi connectivity index (χ2n) is 3.52. The normalized spacial score (nSPS) is 10.7. The van der Waals surface area contributed by atoms with E-state index in [0.717, 1.165) is 41.0 Å². The summed E-state index contributed by atoms with van der Waals surface area (Å²) in [5.74, 6) is 2.09. The van der Waals surface area contributed by atoms with Crippen molar-refractivity contribution in [2.45, 2.75) is 13.5 Å². The summed E-state index contributed by atoms with van der Waals surface area (Å²) < 4.78 is 1.71. The van der Waals surface area contributed by atoms with Crippen molar-refractivity contribution in [1.29, 1.82) is 0 Å². The zero-order chi connectivity index (χ0) is 12.0. The van der Waals surface area contributed by atoms with E-state index in [2.05, 4.69) is 17.0 Å². The summed E-state index contributed by atoms with van der Waals surface area (Å²) in [5.41, 5.74) is 2.09. The number of nitrogens with zero attached hydrogens (tertiary/aromatic N) is 2. The van der Waals surface area contributed by atoms with Gasteiger partial charge in [-0.3, -0.25) is 4.68 Å². The minimum atomic E-state index is 0.726. The lowest BCUT2D eigenvalue weighted by atomic mass is 10.2. The van der Waals surface area contributed by atoms with E-state index in [4.69, 9.17) is 11.6 Å². The first-order valence-corrected chi connectivity index (χ1v) is 6.77. The van der Waals surface area contributed by atoms with Crippen LogP contribution < -0.4 is 5.32 Å². The van der Waals surface area contributed by atoms with E-state index in [1.807, 2.05) is 31.8 Å². The van der Waals surface area contributed by atoms with Gasteiger partial charge in [0.15, 0.2) is 0 Å². The molecule has 0 radical (unpaired) electrons. The molecule has 0 aliphatic carbocycles. The Hall–Kier alpha value is -0.450. The molecule has 0 aliphatic rings. The van der Waals surface area contributed by atoms with Gasteiger partial charge in [-0.15, -0.1) is 6.58 Å². The Bertz CT molecular complexity index is 349. The maximum Gasteiger partial charge on any atom is 0.131 e. The minimum Gasteiger partial charge on any atom is -0.312 e. The van der Waals surface area contributed by atoms with Crippen LogP contribution in [0.4, 0.5) is 0 Å². The fourth-order valence-corrected chi connectivity index (χ4v) is 2.26. The Morgan fingerprint density at radius 3 is 2.94 bits per heavy atom. The number of aryl methyl sites for hydroxylation is 2. The van der Waals surface area contributed by atoms with Crippen molar-refractivity contribution < 1.29 is 0 Å². The van der Waals surface area contributed by atoms with E-state index < -0.39 is 0 Å². The van der Waals surface area contributed by atoms with Crippen molar-refractivity contribution in [3.63, 3.8) is 0 Å². The number of aromatic nitrogens is 2. The molecule has 1 aromatic rings. The molecule has 0 fully saturated rings. The maximum absolute atomic E-state index is 6.12. The van der Waals surface area contributed by atoms with Gasteiger partial charge in [-0.1, -0.05) is 17.7 Å². The first-order valence-electron chi connectivity index (χ1n) is 5.24.